The minimum absolute atomic E-state index is 0.229. The van der Waals surface area contributed by atoms with E-state index < -0.39 is 0 Å². The lowest BCUT2D eigenvalue weighted by atomic mass is 9.74. The molecule has 0 amide bonds. The molecular formula is C18H30N2. The lowest BCUT2D eigenvalue weighted by Gasteiger charge is -2.39. The highest BCUT2D eigenvalue weighted by molar-refractivity contribution is 5.31. The van der Waals surface area contributed by atoms with Gasteiger partial charge in [-0.05, 0) is 61.0 Å². The van der Waals surface area contributed by atoms with E-state index in [0.29, 0.717) is 11.5 Å². The summed E-state index contributed by atoms with van der Waals surface area (Å²) in [4.78, 5) is 0. The molecule has 1 fully saturated rings. The molecule has 4 atom stereocenters. The predicted molar refractivity (Wildman–Crippen MR) is 84.7 cm³/mol. The number of aromatic nitrogens is 1. The van der Waals surface area contributed by atoms with Gasteiger partial charge in [-0.25, -0.2) is 0 Å². The molecule has 2 aliphatic carbocycles. The molecule has 2 heteroatoms. The Hall–Kier alpha value is -0.760. The van der Waals surface area contributed by atoms with Crippen molar-refractivity contribution in [2.45, 2.75) is 71.9 Å². The third-order valence-corrected chi connectivity index (χ3v) is 5.62. The zero-order chi connectivity index (χ0) is 14.5. The number of hydrogen-bond acceptors (Lipinski definition) is 1. The molecule has 3 rings (SSSR count). The highest BCUT2D eigenvalue weighted by Crippen LogP contribution is 2.44. The fourth-order valence-corrected chi connectivity index (χ4v) is 4.63. The Labute approximate surface area is 123 Å². The fraction of sp³-hybridized carbons (Fsp3) is 0.778. The Bertz CT molecular complexity index is 486. The molecule has 2 N–H and O–H groups in total. The van der Waals surface area contributed by atoms with Gasteiger partial charge in [-0.15, -0.1) is 0 Å². The summed E-state index contributed by atoms with van der Waals surface area (Å²) in [6, 6.07) is 3.21. The number of fused-ring (bicyclic) bond motifs is 1. The monoisotopic (exact) mass is 274 g/mol. The minimum atomic E-state index is 0.229. The Morgan fingerprint density at radius 1 is 1.25 bits per heavy atom. The van der Waals surface area contributed by atoms with E-state index in [0.717, 1.165) is 18.3 Å². The van der Waals surface area contributed by atoms with Crippen LogP contribution in [0.3, 0.4) is 0 Å². The molecule has 1 heterocycles. The van der Waals surface area contributed by atoms with E-state index in [-0.39, 0.29) is 6.04 Å². The third-order valence-electron chi connectivity index (χ3n) is 5.62. The Morgan fingerprint density at radius 3 is 2.70 bits per heavy atom. The van der Waals surface area contributed by atoms with Gasteiger partial charge in [-0.3, -0.25) is 0 Å². The normalized spacial score (nSPS) is 36.6. The van der Waals surface area contributed by atoms with E-state index in [1.807, 2.05) is 0 Å². The van der Waals surface area contributed by atoms with Crippen LogP contribution in [-0.2, 0) is 6.42 Å². The molecule has 112 valence electrons. The van der Waals surface area contributed by atoms with Crippen LogP contribution < -0.4 is 5.73 Å². The van der Waals surface area contributed by atoms with Crippen LogP contribution in [0.2, 0.25) is 0 Å². The lowest BCUT2D eigenvalue weighted by Crippen LogP contribution is -2.32. The van der Waals surface area contributed by atoms with Gasteiger partial charge in [0.25, 0.3) is 0 Å². The Morgan fingerprint density at radius 2 is 2.00 bits per heavy atom. The number of nitrogens with zero attached hydrogens (tertiary/aromatic N) is 1. The zero-order valence-corrected chi connectivity index (χ0v) is 13.5. The van der Waals surface area contributed by atoms with Crippen molar-refractivity contribution in [3.05, 3.63) is 23.5 Å². The summed E-state index contributed by atoms with van der Waals surface area (Å²) >= 11 is 0. The number of nitrogens with two attached hydrogens (primary N) is 1. The molecule has 0 aromatic carbocycles. The number of rotatable bonds is 1. The van der Waals surface area contributed by atoms with Gasteiger partial charge in [-0.1, -0.05) is 27.7 Å². The van der Waals surface area contributed by atoms with Crippen molar-refractivity contribution in [2.75, 3.05) is 0 Å². The number of hydrogen-bond donors (Lipinski definition) is 1. The quantitative estimate of drug-likeness (QED) is 0.805. The van der Waals surface area contributed by atoms with Crippen molar-refractivity contribution in [2.24, 2.45) is 23.0 Å². The Kier molecular flexibility index (Phi) is 3.48. The summed E-state index contributed by atoms with van der Waals surface area (Å²) < 4.78 is 2.59. The van der Waals surface area contributed by atoms with Crippen LogP contribution in [0, 0.1) is 17.3 Å². The summed E-state index contributed by atoms with van der Waals surface area (Å²) in [5.41, 5.74) is 9.69. The molecule has 0 aliphatic heterocycles. The van der Waals surface area contributed by atoms with Gasteiger partial charge in [0.1, 0.15) is 0 Å². The second kappa shape index (κ2) is 4.91. The summed E-state index contributed by atoms with van der Waals surface area (Å²) in [7, 11) is 0. The van der Waals surface area contributed by atoms with Gasteiger partial charge in [0.05, 0.1) is 0 Å². The van der Waals surface area contributed by atoms with E-state index in [9.17, 15) is 0 Å². The minimum Gasteiger partial charge on any atom is -0.348 e. The van der Waals surface area contributed by atoms with Crippen molar-refractivity contribution in [3.8, 4) is 0 Å². The molecule has 2 nitrogen and oxygen atoms in total. The van der Waals surface area contributed by atoms with E-state index in [2.05, 4.69) is 44.5 Å². The van der Waals surface area contributed by atoms with Gasteiger partial charge in [0.2, 0.25) is 0 Å². The molecule has 1 aromatic rings. The van der Waals surface area contributed by atoms with E-state index >= 15 is 0 Å². The molecule has 2 aliphatic rings. The van der Waals surface area contributed by atoms with Gasteiger partial charge < -0.3 is 10.3 Å². The molecule has 1 saturated carbocycles. The first kappa shape index (κ1) is 14.2. The zero-order valence-electron chi connectivity index (χ0n) is 13.5. The van der Waals surface area contributed by atoms with Crippen LogP contribution in [0.4, 0.5) is 0 Å². The smallest absolute Gasteiger partial charge is 0.0359 e. The van der Waals surface area contributed by atoms with Crippen LogP contribution in [0.25, 0.3) is 0 Å². The second-order valence-electron chi connectivity index (χ2n) is 8.24. The van der Waals surface area contributed by atoms with Gasteiger partial charge >= 0.3 is 0 Å². The van der Waals surface area contributed by atoms with Crippen LogP contribution >= 0.6 is 0 Å². The maximum atomic E-state index is 6.41. The van der Waals surface area contributed by atoms with Crippen LogP contribution in [0.5, 0.6) is 0 Å². The first-order valence-electron chi connectivity index (χ1n) is 8.32. The van der Waals surface area contributed by atoms with Gasteiger partial charge in [-0.2, -0.15) is 0 Å². The van der Waals surface area contributed by atoms with Crippen molar-refractivity contribution >= 4 is 0 Å². The third kappa shape index (κ3) is 2.43. The molecule has 0 saturated heterocycles. The average molecular weight is 274 g/mol. The first-order valence-corrected chi connectivity index (χ1v) is 8.32. The van der Waals surface area contributed by atoms with E-state index in [1.54, 1.807) is 0 Å². The van der Waals surface area contributed by atoms with Gasteiger partial charge in [0.15, 0.2) is 0 Å². The summed E-state index contributed by atoms with van der Waals surface area (Å²) in [5.74, 6) is 1.68. The van der Waals surface area contributed by atoms with Crippen molar-refractivity contribution < 1.29 is 0 Å². The van der Waals surface area contributed by atoms with Crippen LogP contribution in [0.15, 0.2) is 12.3 Å². The Balaban J connectivity index is 1.93. The molecule has 1 aromatic heterocycles. The molecule has 0 bridgehead atoms. The molecule has 4 unspecified atom stereocenters. The SMILES string of the molecule is CC1CCC(n2ccc3c2CC(C)(C)CC3N)C(C)C1. The maximum absolute atomic E-state index is 6.41. The highest BCUT2D eigenvalue weighted by Gasteiger charge is 2.35. The summed E-state index contributed by atoms with van der Waals surface area (Å²) in [6.07, 6.45) is 8.69. The standard InChI is InChI=1S/C18H30N2/c1-12-5-6-16(13(2)9-12)20-8-7-14-15(19)10-18(3,4)11-17(14)20/h7-8,12-13,15-16H,5-6,9-11,19H2,1-4H3. The molecule has 0 radical (unpaired) electrons. The molecule has 20 heavy (non-hydrogen) atoms. The van der Waals surface area contributed by atoms with Crippen molar-refractivity contribution in [1.29, 1.82) is 0 Å². The summed E-state index contributed by atoms with van der Waals surface area (Å²) in [6.45, 7) is 9.55. The van der Waals surface area contributed by atoms with Crippen molar-refractivity contribution in [3.63, 3.8) is 0 Å². The maximum Gasteiger partial charge on any atom is 0.0359 e. The lowest BCUT2D eigenvalue weighted by molar-refractivity contribution is 0.196. The topological polar surface area (TPSA) is 30.9 Å². The van der Waals surface area contributed by atoms with Crippen LogP contribution in [0.1, 0.15) is 76.7 Å². The molecule has 0 spiro atoms. The van der Waals surface area contributed by atoms with E-state index in [1.165, 1.54) is 36.9 Å². The van der Waals surface area contributed by atoms with Gasteiger partial charge in [0, 0.05) is 24.0 Å². The largest absolute Gasteiger partial charge is 0.348 e. The second-order valence-corrected chi connectivity index (χ2v) is 8.24. The van der Waals surface area contributed by atoms with Crippen LogP contribution in [-0.4, -0.2) is 4.57 Å². The predicted octanol–water partition coefficient (Wildman–Crippen LogP) is 4.46. The fourth-order valence-electron chi connectivity index (χ4n) is 4.63. The first-order chi connectivity index (χ1) is 9.37. The average Bonchev–Trinajstić information content (AvgIpc) is 2.71. The van der Waals surface area contributed by atoms with Crippen molar-refractivity contribution in [1.82, 2.24) is 4.57 Å². The summed E-state index contributed by atoms with van der Waals surface area (Å²) in [5, 5.41) is 0. The van der Waals surface area contributed by atoms with E-state index in [4.69, 9.17) is 5.73 Å². The highest BCUT2D eigenvalue weighted by atomic mass is 15.0. The molecular weight excluding hydrogens is 244 g/mol.